The molecule has 5 nitrogen and oxygen atoms in total. The second kappa shape index (κ2) is 9.00. The van der Waals surface area contributed by atoms with Crippen molar-refractivity contribution >= 4 is 27.5 Å². The van der Waals surface area contributed by atoms with Crippen molar-refractivity contribution in [1.82, 2.24) is 9.62 Å². The molecule has 7 heteroatoms. The first-order valence-electron chi connectivity index (χ1n) is 9.34. The number of nitrogens with zero attached hydrogens (tertiary/aromatic N) is 1. The van der Waals surface area contributed by atoms with Crippen LogP contribution in [-0.4, -0.2) is 32.7 Å². The van der Waals surface area contributed by atoms with Gasteiger partial charge in [0, 0.05) is 19.7 Å². The van der Waals surface area contributed by atoms with E-state index in [-0.39, 0.29) is 21.5 Å². The van der Waals surface area contributed by atoms with Crippen molar-refractivity contribution in [3.63, 3.8) is 0 Å². The van der Waals surface area contributed by atoms with Crippen LogP contribution in [0.25, 0.3) is 0 Å². The highest BCUT2D eigenvalue weighted by Gasteiger charge is 2.24. The molecule has 30 heavy (non-hydrogen) atoms. The number of halogens is 1. The lowest BCUT2D eigenvalue weighted by Gasteiger charge is -2.21. The summed E-state index contributed by atoms with van der Waals surface area (Å²) in [6, 6.07) is 21.4. The molecule has 3 rings (SSSR count). The van der Waals surface area contributed by atoms with E-state index in [0.717, 1.165) is 21.0 Å². The Balaban J connectivity index is 1.98. The van der Waals surface area contributed by atoms with Crippen molar-refractivity contribution in [3.8, 4) is 0 Å². The van der Waals surface area contributed by atoms with Crippen LogP contribution in [0.4, 0.5) is 0 Å². The van der Waals surface area contributed by atoms with Crippen LogP contribution in [0, 0.1) is 6.92 Å². The van der Waals surface area contributed by atoms with E-state index < -0.39 is 15.9 Å². The van der Waals surface area contributed by atoms with Gasteiger partial charge in [0.25, 0.3) is 5.91 Å². The Morgan fingerprint density at radius 2 is 1.53 bits per heavy atom. The largest absolute Gasteiger partial charge is 0.341 e. The molecule has 0 spiro atoms. The first kappa shape index (κ1) is 22.0. The van der Waals surface area contributed by atoms with Gasteiger partial charge in [-0.05, 0) is 36.2 Å². The molecule has 1 unspecified atom stereocenters. The number of amides is 1. The smallest absolute Gasteiger partial charge is 0.252 e. The maximum Gasteiger partial charge on any atom is 0.252 e. The van der Waals surface area contributed by atoms with Gasteiger partial charge in [-0.15, -0.1) is 0 Å². The lowest BCUT2D eigenvalue weighted by Crippen LogP contribution is -2.30. The van der Waals surface area contributed by atoms with Crippen molar-refractivity contribution in [2.24, 2.45) is 0 Å². The summed E-state index contributed by atoms with van der Waals surface area (Å²) < 4.78 is 26.1. The summed E-state index contributed by atoms with van der Waals surface area (Å²) >= 11 is 6.10. The highest BCUT2D eigenvalue weighted by Crippen LogP contribution is 2.26. The Morgan fingerprint density at radius 1 is 0.933 bits per heavy atom. The summed E-state index contributed by atoms with van der Waals surface area (Å²) in [7, 11) is -0.944. The van der Waals surface area contributed by atoms with Gasteiger partial charge in [-0.1, -0.05) is 71.8 Å². The van der Waals surface area contributed by atoms with Crippen LogP contribution in [0.2, 0.25) is 5.02 Å². The standard InChI is InChI=1S/C23H23ClN2O3S/c1-16-9-11-18(12-10-16)22(17-7-5-4-6-8-17)25-23(27)19-13-14-20(24)21(15-19)30(28,29)26(2)3/h4-15,22H,1-3H3,(H,25,27). The second-order valence-electron chi connectivity index (χ2n) is 7.16. The first-order valence-corrected chi connectivity index (χ1v) is 11.2. The summed E-state index contributed by atoms with van der Waals surface area (Å²) in [5.74, 6) is -0.392. The van der Waals surface area contributed by atoms with E-state index in [1.807, 2.05) is 61.5 Å². The zero-order valence-corrected chi connectivity index (χ0v) is 18.5. The average molecular weight is 443 g/mol. The Labute approximate surface area is 182 Å². The molecule has 0 heterocycles. The molecule has 1 amide bonds. The summed E-state index contributed by atoms with van der Waals surface area (Å²) in [5.41, 5.74) is 3.18. The van der Waals surface area contributed by atoms with Gasteiger partial charge in [-0.25, -0.2) is 12.7 Å². The Hall–Kier alpha value is -2.67. The minimum absolute atomic E-state index is 0.0680. The van der Waals surface area contributed by atoms with E-state index in [0.29, 0.717) is 0 Å². The lowest BCUT2D eigenvalue weighted by molar-refractivity contribution is 0.0942. The fraction of sp³-hybridized carbons (Fsp3) is 0.174. The molecule has 156 valence electrons. The molecule has 3 aromatic carbocycles. The van der Waals surface area contributed by atoms with Gasteiger partial charge in [0.2, 0.25) is 10.0 Å². The van der Waals surface area contributed by atoms with Gasteiger partial charge in [-0.2, -0.15) is 0 Å². The molecule has 0 aromatic heterocycles. The molecule has 1 atom stereocenters. The van der Waals surface area contributed by atoms with Gasteiger partial charge >= 0.3 is 0 Å². The Kier molecular flexibility index (Phi) is 6.61. The van der Waals surface area contributed by atoms with Gasteiger partial charge in [0.05, 0.1) is 11.1 Å². The third-order valence-corrected chi connectivity index (χ3v) is 7.07. The monoisotopic (exact) mass is 442 g/mol. The summed E-state index contributed by atoms with van der Waals surface area (Å²) in [4.78, 5) is 13.0. The molecule has 0 aliphatic carbocycles. The molecule has 0 radical (unpaired) electrons. The minimum atomic E-state index is -3.78. The first-order chi connectivity index (χ1) is 14.2. The van der Waals surface area contributed by atoms with Crippen molar-refractivity contribution in [1.29, 1.82) is 0 Å². The van der Waals surface area contributed by atoms with E-state index in [4.69, 9.17) is 11.6 Å². The van der Waals surface area contributed by atoms with E-state index in [1.165, 1.54) is 32.3 Å². The molecule has 0 saturated carbocycles. The highest BCUT2D eigenvalue weighted by atomic mass is 35.5. The van der Waals surface area contributed by atoms with Crippen molar-refractivity contribution in [3.05, 3.63) is 100 Å². The van der Waals surface area contributed by atoms with E-state index in [1.54, 1.807) is 0 Å². The molecule has 0 fully saturated rings. The number of rotatable bonds is 6. The Bertz CT molecular complexity index is 1140. The average Bonchev–Trinajstić information content (AvgIpc) is 2.73. The van der Waals surface area contributed by atoms with E-state index in [9.17, 15) is 13.2 Å². The van der Waals surface area contributed by atoms with Crippen LogP contribution in [-0.2, 0) is 10.0 Å². The van der Waals surface area contributed by atoms with Gasteiger partial charge in [-0.3, -0.25) is 4.79 Å². The fourth-order valence-corrected chi connectivity index (χ4v) is 4.41. The van der Waals surface area contributed by atoms with Gasteiger partial charge in [0.1, 0.15) is 4.90 Å². The highest BCUT2D eigenvalue weighted by molar-refractivity contribution is 7.89. The van der Waals surface area contributed by atoms with Crippen LogP contribution >= 0.6 is 11.6 Å². The van der Waals surface area contributed by atoms with E-state index >= 15 is 0 Å². The third-order valence-electron chi connectivity index (χ3n) is 4.77. The summed E-state index contributed by atoms with van der Waals surface area (Å²) in [5, 5.41) is 3.09. The molecular weight excluding hydrogens is 420 g/mol. The van der Waals surface area contributed by atoms with Crippen LogP contribution in [0.3, 0.4) is 0 Å². The van der Waals surface area contributed by atoms with Crippen molar-refractivity contribution in [2.75, 3.05) is 14.1 Å². The zero-order valence-electron chi connectivity index (χ0n) is 17.0. The summed E-state index contributed by atoms with van der Waals surface area (Å²) in [6.07, 6.45) is 0. The van der Waals surface area contributed by atoms with Crippen LogP contribution < -0.4 is 5.32 Å². The number of hydrogen-bond acceptors (Lipinski definition) is 3. The number of aryl methyl sites for hydroxylation is 1. The quantitative estimate of drug-likeness (QED) is 0.614. The SMILES string of the molecule is Cc1ccc(C(NC(=O)c2ccc(Cl)c(S(=O)(=O)N(C)C)c2)c2ccccc2)cc1. The predicted octanol–water partition coefficient (Wildman–Crippen LogP) is 4.42. The summed E-state index contributed by atoms with van der Waals surface area (Å²) in [6.45, 7) is 2.00. The maximum atomic E-state index is 13.1. The number of benzene rings is 3. The second-order valence-corrected chi connectivity index (χ2v) is 9.69. The normalized spacial score (nSPS) is 12.6. The topological polar surface area (TPSA) is 66.5 Å². The van der Waals surface area contributed by atoms with Crippen LogP contribution in [0.15, 0.2) is 77.7 Å². The van der Waals surface area contributed by atoms with Gasteiger partial charge < -0.3 is 5.32 Å². The molecule has 0 saturated heterocycles. The Morgan fingerprint density at radius 3 is 2.13 bits per heavy atom. The van der Waals surface area contributed by atoms with Crippen LogP contribution in [0.1, 0.15) is 33.1 Å². The fourth-order valence-electron chi connectivity index (χ4n) is 3.02. The molecule has 0 bridgehead atoms. The molecule has 1 N–H and O–H groups in total. The van der Waals surface area contributed by atoms with Gasteiger partial charge in [0.15, 0.2) is 0 Å². The third kappa shape index (κ3) is 4.73. The number of carbonyl (C=O) groups excluding carboxylic acids is 1. The number of hydrogen-bond donors (Lipinski definition) is 1. The van der Waals surface area contributed by atoms with E-state index in [2.05, 4.69) is 5.32 Å². The van der Waals surface area contributed by atoms with Crippen molar-refractivity contribution in [2.45, 2.75) is 17.9 Å². The minimum Gasteiger partial charge on any atom is -0.341 e. The molecule has 0 aliphatic rings. The molecular formula is C23H23ClN2O3S. The number of carbonyl (C=O) groups is 1. The number of nitrogens with one attached hydrogen (secondary N) is 1. The zero-order chi connectivity index (χ0) is 21.9. The molecule has 3 aromatic rings. The molecule has 0 aliphatic heterocycles. The van der Waals surface area contributed by atoms with Crippen molar-refractivity contribution < 1.29 is 13.2 Å². The van der Waals surface area contributed by atoms with Crippen LogP contribution in [0.5, 0.6) is 0 Å². The number of sulfonamides is 1. The maximum absolute atomic E-state index is 13.1. The predicted molar refractivity (Wildman–Crippen MR) is 119 cm³/mol. The lowest BCUT2D eigenvalue weighted by atomic mass is 9.97.